The Hall–Kier alpha value is -1.14. The number of benzene rings is 1. The molecular formula is C10H9F4NO. The van der Waals surface area contributed by atoms with Gasteiger partial charge in [0, 0.05) is 0 Å². The van der Waals surface area contributed by atoms with Crippen LogP contribution in [0.4, 0.5) is 17.6 Å². The SMILES string of the molecule is Fc1ccc([C@H]2CCON2)cc1C(F)(F)F. The minimum absolute atomic E-state index is 0.304. The minimum atomic E-state index is -4.67. The Balaban J connectivity index is 2.35. The van der Waals surface area contributed by atoms with Crippen LogP contribution < -0.4 is 5.48 Å². The van der Waals surface area contributed by atoms with Crippen LogP contribution in [-0.4, -0.2) is 6.61 Å². The maximum atomic E-state index is 13.0. The van der Waals surface area contributed by atoms with Crippen LogP contribution in [0.2, 0.25) is 0 Å². The van der Waals surface area contributed by atoms with Crippen molar-refractivity contribution in [1.29, 1.82) is 0 Å². The molecule has 1 aliphatic heterocycles. The van der Waals surface area contributed by atoms with E-state index in [2.05, 4.69) is 5.48 Å². The molecule has 1 fully saturated rings. The third kappa shape index (κ3) is 2.17. The van der Waals surface area contributed by atoms with Crippen molar-refractivity contribution in [3.05, 3.63) is 35.1 Å². The van der Waals surface area contributed by atoms with Crippen molar-refractivity contribution < 1.29 is 22.4 Å². The summed E-state index contributed by atoms with van der Waals surface area (Å²) in [6.45, 7) is 0.434. The molecule has 2 nitrogen and oxygen atoms in total. The zero-order valence-corrected chi connectivity index (χ0v) is 8.14. The number of alkyl halides is 3. The molecule has 0 amide bonds. The van der Waals surface area contributed by atoms with Crippen LogP contribution >= 0.6 is 0 Å². The zero-order valence-electron chi connectivity index (χ0n) is 8.14. The first kappa shape index (κ1) is 11.3. The molecule has 0 radical (unpaired) electrons. The predicted octanol–water partition coefficient (Wildman–Crippen LogP) is 2.81. The molecule has 1 N–H and O–H groups in total. The van der Waals surface area contributed by atoms with Crippen molar-refractivity contribution in [2.75, 3.05) is 6.61 Å². The van der Waals surface area contributed by atoms with Gasteiger partial charge in [-0.25, -0.2) is 4.39 Å². The number of hydroxylamine groups is 1. The average molecular weight is 235 g/mol. The highest BCUT2D eigenvalue weighted by Gasteiger charge is 2.35. The molecule has 0 aliphatic carbocycles. The smallest absolute Gasteiger partial charge is 0.301 e. The molecule has 1 aromatic rings. The van der Waals surface area contributed by atoms with Gasteiger partial charge in [0.25, 0.3) is 0 Å². The van der Waals surface area contributed by atoms with Gasteiger partial charge in [-0.3, -0.25) is 0 Å². The number of rotatable bonds is 1. The van der Waals surface area contributed by atoms with E-state index in [1.54, 1.807) is 0 Å². The highest BCUT2D eigenvalue weighted by molar-refractivity contribution is 5.29. The second kappa shape index (κ2) is 4.03. The molecule has 1 atom stereocenters. The van der Waals surface area contributed by atoms with E-state index in [1.807, 2.05) is 0 Å². The molecule has 0 saturated carbocycles. The molecule has 1 saturated heterocycles. The second-order valence-corrected chi connectivity index (χ2v) is 3.54. The Morgan fingerprint density at radius 3 is 2.62 bits per heavy atom. The van der Waals surface area contributed by atoms with Gasteiger partial charge in [0.15, 0.2) is 0 Å². The van der Waals surface area contributed by atoms with Gasteiger partial charge in [0.1, 0.15) is 5.82 Å². The normalized spacial score (nSPS) is 21.4. The molecule has 0 bridgehead atoms. The number of hydrogen-bond donors (Lipinski definition) is 1. The van der Waals surface area contributed by atoms with Gasteiger partial charge in [-0.2, -0.15) is 18.7 Å². The third-order valence-electron chi connectivity index (χ3n) is 2.43. The van der Waals surface area contributed by atoms with Gasteiger partial charge in [-0.15, -0.1) is 0 Å². The fraction of sp³-hybridized carbons (Fsp3) is 0.400. The maximum Gasteiger partial charge on any atom is 0.419 e. The zero-order chi connectivity index (χ0) is 11.8. The lowest BCUT2D eigenvalue weighted by Gasteiger charge is -2.13. The van der Waals surface area contributed by atoms with Crippen LogP contribution in [0.1, 0.15) is 23.6 Å². The van der Waals surface area contributed by atoms with Crippen molar-refractivity contribution in [3.63, 3.8) is 0 Å². The molecule has 6 heteroatoms. The van der Waals surface area contributed by atoms with E-state index in [0.717, 1.165) is 12.1 Å². The lowest BCUT2D eigenvalue weighted by atomic mass is 10.0. The van der Waals surface area contributed by atoms with Gasteiger partial charge in [0.2, 0.25) is 0 Å². The quantitative estimate of drug-likeness (QED) is 0.756. The molecule has 0 spiro atoms. The van der Waals surface area contributed by atoms with Crippen LogP contribution in [0.25, 0.3) is 0 Å². The van der Waals surface area contributed by atoms with Crippen LogP contribution in [0.3, 0.4) is 0 Å². The van der Waals surface area contributed by atoms with E-state index in [4.69, 9.17) is 4.84 Å². The molecule has 1 heterocycles. The van der Waals surface area contributed by atoms with Gasteiger partial charge < -0.3 is 4.84 Å². The first-order valence-corrected chi connectivity index (χ1v) is 4.72. The Kier molecular flexibility index (Phi) is 2.86. The molecule has 0 unspecified atom stereocenters. The average Bonchev–Trinajstić information content (AvgIpc) is 2.69. The van der Waals surface area contributed by atoms with Gasteiger partial charge in [0.05, 0.1) is 18.2 Å². The topological polar surface area (TPSA) is 21.3 Å². The highest BCUT2D eigenvalue weighted by Crippen LogP contribution is 2.33. The molecule has 1 aliphatic rings. The summed E-state index contributed by atoms with van der Waals surface area (Å²) in [7, 11) is 0. The van der Waals surface area contributed by atoms with Gasteiger partial charge >= 0.3 is 6.18 Å². The summed E-state index contributed by atoms with van der Waals surface area (Å²) in [5.41, 5.74) is 1.72. The van der Waals surface area contributed by atoms with Crippen LogP contribution in [-0.2, 0) is 11.0 Å². The summed E-state index contributed by atoms with van der Waals surface area (Å²) < 4.78 is 50.3. The summed E-state index contributed by atoms with van der Waals surface area (Å²) in [6.07, 6.45) is -4.09. The largest absolute Gasteiger partial charge is 0.419 e. The third-order valence-corrected chi connectivity index (χ3v) is 2.43. The molecule has 2 rings (SSSR count). The molecule has 88 valence electrons. The maximum absolute atomic E-state index is 13.0. The van der Waals surface area contributed by atoms with Crippen molar-refractivity contribution in [3.8, 4) is 0 Å². The lowest BCUT2D eigenvalue weighted by molar-refractivity contribution is -0.140. The standard InChI is InChI=1S/C10H9F4NO/c11-8-2-1-6(9-3-4-16-15-9)5-7(8)10(12,13)14/h1-2,5,9,15H,3-4H2/t9-/m1/s1. The Bertz CT molecular complexity index is 385. The van der Waals surface area contributed by atoms with E-state index in [1.165, 1.54) is 6.07 Å². The predicted molar refractivity (Wildman–Crippen MR) is 47.8 cm³/mol. The number of halogens is 4. The van der Waals surface area contributed by atoms with Gasteiger partial charge in [-0.05, 0) is 24.1 Å². The van der Waals surface area contributed by atoms with Gasteiger partial charge in [-0.1, -0.05) is 6.07 Å². The fourth-order valence-electron chi connectivity index (χ4n) is 1.61. The van der Waals surface area contributed by atoms with E-state index in [0.29, 0.717) is 18.6 Å². The van der Waals surface area contributed by atoms with E-state index in [9.17, 15) is 17.6 Å². The molecular weight excluding hydrogens is 226 g/mol. The van der Waals surface area contributed by atoms with Crippen molar-refractivity contribution in [2.45, 2.75) is 18.6 Å². The Morgan fingerprint density at radius 2 is 2.06 bits per heavy atom. The Morgan fingerprint density at radius 1 is 1.31 bits per heavy atom. The Labute approximate surface area is 89.2 Å². The summed E-state index contributed by atoms with van der Waals surface area (Å²) in [4.78, 5) is 4.84. The van der Waals surface area contributed by atoms with E-state index >= 15 is 0 Å². The van der Waals surface area contributed by atoms with Crippen LogP contribution in [0.15, 0.2) is 18.2 Å². The fourth-order valence-corrected chi connectivity index (χ4v) is 1.61. The summed E-state index contributed by atoms with van der Waals surface area (Å²) in [5, 5.41) is 0. The minimum Gasteiger partial charge on any atom is -0.301 e. The highest BCUT2D eigenvalue weighted by atomic mass is 19.4. The summed E-state index contributed by atoms with van der Waals surface area (Å²) >= 11 is 0. The lowest BCUT2D eigenvalue weighted by Crippen LogP contribution is -2.14. The summed E-state index contributed by atoms with van der Waals surface area (Å²) in [5.74, 6) is -1.25. The van der Waals surface area contributed by atoms with E-state index in [-0.39, 0.29) is 6.04 Å². The summed E-state index contributed by atoms with van der Waals surface area (Å²) in [6, 6.07) is 2.68. The van der Waals surface area contributed by atoms with Crippen molar-refractivity contribution in [2.24, 2.45) is 0 Å². The molecule has 1 aromatic carbocycles. The van der Waals surface area contributed by atoms with Crippen molar-refractivity contribution >= 4 is 0 Å². The monoisotopic (exact) mass is 235 g/mol. The molecule has 16 heavy (non-hydrogen) atoms. The molecule has 0 aromatic heterocycles. The number of nitrogens with one attached hydrogen (secondary N) is 1. The van der Waals surface area contributed by atoms with E-state index < -0.39 is 17.6 Å². The first-order valence-electron chi connectivity index (χ1n) is 4.72. The van der Waals surface area contributed by atoms with Crippen LogP contribution in [0.5, 0.6) is 0 Å². The first-order chi connectivity index (χ1) is 7.48. The second-order valence-electron chi connectivity index (χ2n) is 3.54. The van der Waals surface area contributed by atoms with Crippen LogP contribution in [0, 0.1) is 5.82 Å². The number of hydrogen-bond acceptors (Lipinski definition) is 2. The van der Waals surface area contributed by atoms with Crippen molar-refractivity contribution in [1.82, 2.24) is 5.48 Å².